The Morgan fingerprint density at radius 3 is 2.49 bits per heavy atom. The van der Waals surface area contributed by atoms with Gasteiger partial charge in [0.15, 0.2) is 0 Å². The fourth-order valence-electron chi connectivity index (χ4n) is 4.81. The van der Waals surface area contributed by atoms with E-state index in [1.165, 1.54) is 0 Å². The van der Waals surface area contributed by atoms with Crippen LogP contribution in [0, 0.1) is 11.8 Å². The van der Waals surface area contributed by atoms with Gasteiger partial charge in [0.2, 0.25) is 17.7 Å². The number of fused-ring (bicyclic) bond motifs is 2. The van der Waals surface area contributed by atoms with Crippen molar-refractivity contribution in [2.75, 3.05) is 19.7 Å². The van der Waals surface area contributed by atoms with E-state index in [-0.39, 0.29) is 42.1 Å². The summed E-state index contributed by atoms with van der Waals surface area (Å²) in [6.07, 6.45) is 9.12. The van der Waals surface area contributed by atoms with Crippen molar-refractivity contribution in [2.45, 2.75) is 77.3 Å². The third-order valence-electron chi connectivity index (χ3n) is 6.95. The summed E-state index contributed by atoms with van der Waals surface area (Å²) in [6, 6.07) is 7.98. The highest BCUT2D eigenvalue weighted by Crippen LogP contribution is 2.20. The van der Waals surface area contributed by atoms with Gasteiger partial charge in [-0.2, -0.15) is 0 Å². The zero-order chi connectivity index (χ0) is 26.6. The van der Waals surface area contributed by atoms with Crippen LogP contribution in [0.25, 0.3) is 0 Å². The molecule has 37 heavy (non-hydrogen) atoms. The Morgan fingerprint density at radius 1 is 0.973 bits per heavy atom. The molecule has 8 heteroatoms. The van der Waals surface area contributed by atoms with Crippen LogP contribution in [0.1, 0.15) is 64.4 Å². The van der Waals surface area contributed by atoms with Crippen LogP contribution < -0.4 is 10.6 Å². The highest BCUT2D eigenvalue weighted by atomic mass is 16.5. The number of carbonyl (C=O) groups excluding carboxylic acids is 4. The van der Waals surface area contributed by atoms with Gasteiger partial charge < -0.3 is 20.3 Å². The van der Waals surface area contributed by atoms with E-state index in [0.29, 0.717) is 51.7 Å². The number of nitrogens with zero attached hydrogens (tertiary/aromatic N) is 1. The number of piperidine rings is 1. The third-order valence-corrected chi connectivity index (χ3v) is 6.95. The van der Waals surface area contributed by atoms with Gasteiger partial charge in [0.25, 0.3) is 0 Å². The van der Waals surface area contributed by atoms with E-state index in [9.17, 15) is 19.2 Å². The van der Waals surface area contributed by atoms with E-state index in [4.69, 9.17) is 4.74 Å². The molecule has 8 nitrogen and oxygen atoms in total. The number of hydrogen-bond acceptors (Lipinski definition) is 5. The second kappa shape index (κ2) is 14.5. The Labute approximate surface area is 220 Å². The summed E-state index contributed by atoms with van der Waals surface area (Å²) in [5.41, 5.74) is 0.918. The number of esters is 1. The lowest BCUT2D eigenvalue weighted by Crippen LogP contribution is -2.57. The van der Waals surface area contributed by atoms with Crippen molar-refractivity contribution >= 4 is 23.7 Å². The van der Waals surface area contributed by atoms with Crippen molar-refractivity contribution in [3.8, 4) is 0 Å². The first-order chi connectivity index (χ1) is 17.8. The summed E-state index contributed by atoms with van der Waals surface area (Å²) < 4.78 is 5.49. The maximum absolute atomic E-state index is 13.7. The van der Waals surface area contributed by atoms with Crippen LogP contribution in [0.3, 0.4) is 0 Å². The van der Waals surface area contributed by atoms with Crippen LogP contribution in [0.15, 0.2) is 42.5 Å². The predicted octanol–water partition coefficient (Wildman–Crippen LogP) is 3.16. The molecule has 3 amide bonds. The van der Waals surface area contributed by atoms with Crippen LogP contribution in [-0.2, 0) is 30.3 Å². The number of benzene rings is 1. The number of cyclic esters (lactones) is 1. The highest BCUT2D eigenvalue weighted by molar-refractivity contribution is 5.92. The van der Waals surface area contributed by atoms with Crippen LogP contribution in [0.4, 0.5) is 0 Å². The standard InChI is InChI=1S/C29H41N3O5/c1-21(2)26-27(34)30-24(19-22-13-8-7-9-14-22)28(35)32-17-12-15-23(20-32)29(36)37-18-11-6-4-3-5-10-16-25(33)31-26/h4,6-9,13-14,21,23-24,26H,3,5,10-12,15-20H2,1-2H3,(H,30,34)(H,31,33)/b6-4+/t23-,24?,26+/m1/s1. The van der Waals surface area contributed by atoms with E-state index in [1.54, 1.807) is 4.90 Å². The fourth-order valence-corrected chi connectivity index (χ4v) is 4.81. The maximum Gasteiger partial charge on any atom is 0.310 e. The monoisotopic (exact) mass is 511 g/mol. The van der Waals surface area contributed by atoms with Gasteiger partial charge in [-0.1, -0.05) is 56.3 Å². The molecule has 1 aromatic carbocycles. The Bertz CT molecular complexity index is 946. The highest BCUT2D eigenvalue weighted by Gasteiger charge is 2.35. The predicted molar refractivity (Wildman–Crippen MR) is 141 cm³/mol. The Morgan fingerprint density at radius 2 is 1.73 bits per heavy atom. The smallest absolute Gasteiger partial charge is 0.310 e. The number of carbonyl (C=O) groups is 4. The summed E-state index contributed by atoms with van der Waals surface area (Å²) in [4.78, 5) is 54.0. The maximum atomic E-state index is 13.7. The molecule has 0 aromatic heterocycles. The molecule has 202 valence electrons. The Hall–Kier alpha value is -3.16. The van der Waals surface area contributed by atoms with E-state index >= 15 is 0 Å². The molecular weight excluding hydrogens is 470 g/mol. The average Bonchev–Trinajstić information content (AvgIpc) is 2.89. The van der Waals surface area contributed by atoms with E-state index < -0.39 is 12.1 Å². The summed E-state index contributed by atoms with van der Waals surface area (Å²) in [6.45, 7) is 4.87. The van der Waals surface area contributed by atoms with E-state index in [2.05, 4.69) is 10.6 Å². The first-order valence-corrected chi connectivity index (χ1v) is 13.6. The summed E-state index contributed by atoms with van der Waals surface area (Å²) >= 11 is 0. The number of rotatable bonds is 3. The normalized spacial score (nSPS) is 26.1. The molecule has 2 heterocycles. The van der Waals surface area contributed by atoms with Crippen molar-refractivity contribution in [1.29, 1.82) is 0 Å². The molecule has 3 atom stereocenters. The van der Waals surface area contributed by atoms with Gasteiger partial charge in [-0.3, -0.25) is 19.2 Å². The van der Waals surface area contributed by atoms with Crippen molar-refractivity contribution in [1.82, 2.24) is 15.5 Å². The molecule has 0 spiro atoms. The van der Waals surface area contributed by atoms with Crippen LogP contribution >= 0.6 is 0 Å². The summed E-state index contributed by atoms with van der Waals surface area (Å²) in [5.74, 6) is -1.55. The second-order valence-electron chi connectivity index (χ2n) is 10.3. The van der Waals surface area contributed by atoms with Crippen LogP contribution in [0.2, 0.25) is 0 Å². The van der Waals surface area contributed by atoms with Gasteiger partial charge in [-0.25, -0.2) is 0 Å². The number of amides is 3. The molecule has 0 radical (unpaired) electrons. The molecular formula is C29H41N3O5. The van der Waals surface area contributed by atoms with Gasteiger partial charge >= 0.3 is 5.97 Å². The minimum absolute atomic E-state index is 0.147. The number of nitrogens with one attached hydrogen (secondary N) is 2. The van der Waals surface area contributed by atoms with Gasteiger partial charge in [0.1, 0.15) is 12.1 Å². The molecule has 2 N–H and O–H groups in total. The Balaban J connectivity index is 1.82. The molecule has 1 aromatic rings. The SMILES string of the molecule is CC(C)[C@@H]1NC(=O)CCCC/C=C/CCOC(=O)[C@@H]2CCCN(C2)C(=O)C(Cc2ccccc2)NC1=O. The molecule has 2 aliphatic heterocycles. The molecule has 2 aliphatic rings. The lowest BCUT2D eigenvalue weighted by molar-refractivity contribution is -0.152. The topological polar surface area (TPSA) is 105 Å². The van der Waals surface area contributed by atoms with Crippen molar-refractivity contribution in [3.05, 3.63) is 48.0 Å². The van der Waals surface area contributed by atoms with Gasteiger partial charge in [-0.05, 0) is 50.0 Å². The molecule has 2 bridgehead atoms. The van der Waals surface area contributed by atoms with Crippen molar-refractivity contribution < 1.29 is 23.9 Å². The first-order valence-electron chi connectivity index (χ1n) is 13.6. The van der Waals surface area contributed by atoms with Gasteiger partial charge in [-0.15, -0.1) is 0 Å². The fraction of sp³-hybridized carbons (Fsp3) is 0.586. The number of ether oxygens (including phenoxy) is 1. The lowest BCUT2D eigenvalue weighted by Gasteiger charge is -2.35. The number of hydrogen-bond donors (Lipinski definition) is 2. The largest absolute Gasteiger partial charge is 0.465 e. The second-order valence-corrected chi connectivity index (χ2v) is 10.3. The van der Waals surface area contributed by atoms with Crippen LogP contribution in [0.5, 0.6) is 0 Å². The van der Waals surface area contributed by atoms with Gasteiger partial charge in [0.05, 0.1) is 12.5 Å². The van der Waals surface area contributed by atoms with Gasteiger partial charge in [0, 0.05) is 25.9 Å². The summed E-state index contributed by atoms with van der Waals surface area (Å²) in [5, 5.41) is 5.82. The quantitative estimate of drug-likeness (QED) is 0.479. The Kier molecular flexibility index (Phi) is 11.2. The first kappa shape index (κ1) is 28.4. The summed E-state index contributed by atoms with van der Waals surface area (Å²) in [7, 11) is 0. The average molecular weight is 512 g/mol. The number of allylic oxidation sites excluding steroid dienone is 1. The molecule has 1 fully saturated rings. The van der Waals surface area contributed by atoms with E-state index in [1.807, 2.05) is 56.3 Å². The van der Waals surface area contributed by atoms with E-state index in [0.717, 1.165) is 18.4 Å². The molecule has 1 unspecified atom stereocenters. The van der Waals surface area contributed by atoms with Crippen LogP contribution in [-0.4, -0.2) is 60.4 Å². The molecule has 0 saturated carbocycles. The lowest BCUT2D eigenvalue weighted by atomic mass is 9.96. The zero-order valence-corrected chi connectivity index (χ0v) is 22.1. The van der Waals surface area contributed by atoms with Crippen molar-refractivity contribution in [2.24, 2.45) is 11.8 Å². The minimum Gasteiger partial charge on any atom is -0.465 e. The minimum atomic E-state index is -0.807. The molecule has 0 aliphatic carbocycles. The molecule has 1 saturated heterocycles. The zero-order valence-electron chi connectivity index (χ0n) is 22.1. The third kappa shape index (κ3) is 9.02. The molecule has 3 rings (SSSR count). The van der Waals surface area contributed by atoms with Crippen molar-refractivity contribution in [3.63, 3.8) is 0 Å².